The van der Waals surface area contributed by atoms with Gasteiger partial charge in [0.2, 0.25) is 5.88 Å². The zero-order valence-corrected chi connectivity index (χ0v) is 18.8. The molecule has 2 aromatic carbocycles. The maximum absolute atomic E-state index is 13.8. The molecular weight excluding hydrogens is 501 g/mol. The molecule has 2 N–H and O–H groups in total. The van der Waals surface area contributed by atoms with E-state index in [1.54, 1.807) is 13.2 Å². The number of aliphatic imine (C=N–C) groups is 1. The second kappa shape index (κ2) is 12.1. The average Bonchev–Trinajstić information content (AvgIpc) is 2.76. The number of benzene rings is 2. The first-order chi connectivity index (χ1) is 14.2. The summed E-state index contributed by atoms with van der Waals surface area (Å²) < 4.78 is 32.9. The fraction of sp³-hybridized carbons (Fsp3) is 0.182. The van der Waals surface area contributed by atoms with E-state index in [-0.39, 0.29) is 36.1 Å². The minimum absolute atomic E-state index is 0. The van der Waals surface area contributed by atoms with E-state index < -0.39 is 11.6 Å². The molecule has 0 bridgehead atoms. The van der Waals surface area contributed by atoms with Crippen LogP contribution in [-0.2, 0) is 19.7 Å². The van der Waals surface area contributed by atoms with Crippen LogP contribution in [0.4, 0.5) is 8.78 Å². The van der Waals surface area contributed by atoms with E-state index in [0.29, 0.717) is 25.0 Å². The summed E-state index contributed by atoms with van der Waals surface area (Å²) in [4.78, 5) is 8.41. The number of guanidine groups is 1. The van der Waals surface area contributed by atoms with Crippen molar-refractivity contribution < 1.29 is 13.5 Å². The summed E-state index contributed by atoms with van der Waals surface area (Å²) in [5.74, 6) is 0.0157. The standard InChI is InChI=1S/C22H22F2N4O.HI/c1-25-22(28-14-18-12-19(23)9-10-20(18)24)27-13-17-8-5-11-26-21(17)29-15-16-6-3-2-4-7-16;/h2-12H,13-15H2,1H3,(H2,25,27,28);1H. The third-order valence-electron chi connectivity index (χ3n) is 4.19. The molecular formula is C22H23F2IN4O. The number of nitrogens with zero attached hydrogens (tertiary/aromatic N) is 2. The van der Waals surface area contributed by atoms with Gasteiger partial charge in [0.25, 0.3) is 0 Å². The first kappa shape index (κ1) is 23.5. The van der Waals surface area contributed by atoms with Crippen molar-refractivity contribution in [2.45, 2.75) is 19.7 Å². The summed E-state index contributed by atoms with van der Waals surface area (Å²) in [7, 11) is 1.60. The molecule has 3 aromatic rings. The molecule has 0 aliphatic carbocycles. The molecule has 158 valence electrons. The van der Waals surface area contributed by atoms with E-state index in [0.717, 1.165) is 29.3 Å². The Balaban J connectivity index is 0.00000320. The van der Waals surface area contributed by atoms with E-state index >= 15 is 0 Å². The third kappa shape index (κ3) is 6.94. The van der Waals surface area contributed by atoms with Crippen LogP contribution in [0.25, 0.3) is 0 Å². The van der Waals surface area contributed by atoms with Crippen LogP contribution in [0, 0.1) is 11.6 Å². The smallest absolute Gasteiger partial charge is 0.218 e. The zero-order valence-electron chi connectivity index (χ0n) is 16.4. The Bertz CT molecular complexity index is 970. The lowest BCUT2D eigenvalue weighted by Crippen LogP contribution is -2.36. The molecule has 0 amide bonds. The van der Waals surface area contributed by atoms with Crippen LogP contribution in [0.2, 0.25) is 0 Å². The Kier molecular flexibility index (Phi) is 9.46. The minimum Gasteiger partial charge on any atom is -0.473 e. The number of aromatic nitrogens is 1. The lowest BCUT2D eigenvalue weighted by atomic mass is 10.2. The fourth-order valence-electron chi connectivity index (χ4n) is 2.67. The van der Waals surface area contributed by atoms with Crippen LogP contribution >= 0.6 is 24.0 Å². The molecule has 0 saturated heterocycles. The predicted molar refractivity (Wildman–Crippen MR) is 124 cm³/mol. The Morgan fingerprint density at radius 3 is 2.43 bits per heavy atom. The van der Waals surface area contributed by atoms with Crippen molar-refractivity contribution in [1.29, 1.82) is 0 Å². The molecule has 1 heterocycles. The largest absolute Gasteiger partial charge is 0.473 e. The average molecular weight is 524 g/mol. The second-order valence-electron chi connectivity index (χ2n) is 6.26. The van der Waals surface area contributed by atoms with Gasteiger partial charge < -0.3 is 15.4 Å². The van der Waals surface area contributed by atoms with E-state index in [2.05, 4.69) is 20.6 Å². The summed E-state index contributed by atoms with van der Waals surface area (Å²) in [6, 6.07) is 16.9. The van der Waals surface area contributed by atoms with Gasteiger partial charge in [-0.3, -0.25) is 4.99 Å². The van der Waals surface area contributed by atoms with E-state index in [1.807, 2.05) is 42.5 Å². The third-order valence-corrected chi connectivity index (χ3v) is 4.19. The zero-order chi connectivity index (χ0) is 20.5. The highest BCUT2D eigenvalue weighted by Crippen LogP contribution is 2.16. The number of hydrogen-bond acceptors (Lipinski definition) is 3. The van der Waals surface area contributed by atoms with Crippen molar-refractivity contribution >= 4 is 29.9 Å². The normalized spacial score (nSPS) is 10.8. The molecule has 0 radical (unpaired) electrons. The number of rotatable bonds is 7. The van der Waals surface area contributed by atoms with E-state index in [4.69, 9.17) is 4.74 Å². The summed E-state index contributed by atoms with van der Waals surface area (Å²) in [6.45, 7) is 0.924. The van der Waals surface area contributed by atoms with Crippen molar-refractivity contribution in [1.82, 2.24) is 15.6 Å². The summed E-state index contributed by atoms with van der Waals surface area (Å²) in [6.07, 6.45) is 1.67. The minimum atomic E-state index is -0.485. The Morgan fingerprint density at radius 2 is 1.70 bits per heavy atom. The number of ether oxygens (including phenoxy) is 1. The molecule has 0 fully saturated rings. The maximum atomic E-state index is 13.8. The van der Waals surface area contributed by atoms with Gasteiger partial charge in [0.1, 0.15) is 18.2 Å². The van der Waals surface area contributed by atoms with Crippen molar-refractivity contribution in [3.8, 4) is 5.88 Å². The number of hydrogen-bond donors (Lipinski definition) is 2. The van der Waals surface area contributed by atoms with Gasteiger partial charge >= 0.3 is 0 Å². The molecule has 0 aliphatic heterocycles. The summed E-state index contributed by atoms with van der Waals surface area (Å²) in [5, 5.41) is 6.10. The monoisotopic (exact) mass is 524 g/mol. The van der Waals surface area contributed by atoms with Gasteiger partial charge in [-0.25, -0.2) is 13.8 Å². The molecule has 30 heavy (non-hydrogen) atoms. The van der Waals surface area contributed by atoms with Crippen LogP contribution in [0.3, 0.4) is 0 Å². The number of pyridine rings is 1. The highest BCUT2D eigenvalue weighted by molar-refractivity contribution is 14.0. The molecule has 5 nitrogen and oxygen atoms in total. The molecule has 0 saturated carbocycles. The van der Waals surface area contributed by atoms with Crippen molar-refractivity contribution in [3.63, 3.8) is 0 Å². The lowest BCUT2D eigenvalue weighted by molar-refractivity contribution is 0.290. The molecule has 0 aliphatic rings. The van der Waals surface area contributed by atoms with Crippen LogP contribution in [0.1, 0.15) is 16.7 Å². The molecule has 0 atom stereocenters. The van der Waals surface area contributed by atoms with Gasteiger partial charge in [0.05, 0.1) is 0 Å². The van der Waals surface area contributed by atoms with Crippen molar-refractivity contribution in [2.75, 3.05) is 7.05 Å². The van der Waals surface area contributed by atoms with E-state index in [1.165, 1.54) is 0 Å². The quantitative estimate of drug-likeness (QED) is 0.273. The Morgan fingerprint density at radius 1 is 0.967 bits per heavy atom. The Labute approximate surface area is 191 Å². The van der Waals surface area contributed by atoms with Crippen LogP contribution < -0.4 is 15.4 Å². The first-order valence-corrected chi connectivity index (χ1v) is 9.15. The van der Waals surface area contributed by atoms with Gasteiger partial charge in [0, 0.05) is 37.5 Å². The molecule has 3 rings (SSSR count). The van der Waals surface area contributed by atoms with Crippen molar-refractivity contribution in [2.24, 2.45) is 4.99 Å². The van der Waals surface area contributed by atoms with Crippen LogP contribution in [0.5, 0.6) is 5.88 Å². The second-order valence-corrected chi connectivity index (χ2v) is 6.26. The molecule has 0 spiro atoms. The Hall–Kier alpha value is -2.75. The fourth-order valence-corrected chi connectivity index (χ4v) is 2.67. The first-order valence-electron chi connectivity index (χ1n) is 9.15. The number of halogens is 3. The van der Waals surface area contributed by atoms with Gasteiger partial charge in [-0.1, -0.05) is 36.4 Å². The molecule has 8 heteroatoms. The van der Waals surface area contributed by atoms with Crippen LogP contribution in [-0.4, -0.2) is 18.0 Å². The highest BCUT2D eigenvalue weighted by Gasteiger charge is 2.08. The maximum Gasteiger partial charge on any atom is 0.218 e. The molecule has 1 aromatic heterocycles. The highest BCUT2D eigenvalue weighted by atomic mass is 127. The molecule has 0 unspecified atom stereocenters. The van der Waals surface area contributed by atoms with Crippen molar-refractivity contribution in [3.05, 3.63) is 95.2 Å². The van der Waals surface area contributed by atoms with Gasteiger partial charge in [0.15, 0.2) is 5.96 Å². The van der Waals surface area contributed by atoms with Gasteiger partial charge in [-0.15, -0.1) is 24.0 Å². The summed E-state index contributed by atoms with van der Waals surface area (Å²) >= 11 is 0. The number of nitrogens with one attached hydrogen (secondary N) is 2. The van der Waals surface area contributed by atoms with Gasteiger partial charge in [-0.2, -0.15) is 0 Å². The van der Waals surface area contributed by atoms with Crippen LogP contribution in [0.15, 0.2) is 71.9 Å². The SMILES string of the molecule is CN=C(NCc1cc(F)ccc1F)NCc1cccnc1OCc1ccccc1.I. The van der Waals surface area contributed by atoms with E-state index in [9.17, 15) is 8.78 Å². The topological polar surface area (TPSA) is 58.5 Å². The van der Waals surface area contributed by atoms with Gasteiger partial charge in [-0.05, 0) is 29.8 Å². The summed E-state index contributed by atoms with van der Waals surface area (Å²) in [5.41, 5.74) is 2.12. The lowest BCUT2D eigenvalue weighted by Gasteiger charge is -2.14. The predicted octanol–water partition coefficient (Wildman–Crippen LogP) is 4.42.